The number of nitrogens with one attached hydrogen (secondary N) is 2. The molecule has 1 aromatic carbocycles. The van der Waals surface area contributed by atoms with Crippen LogP contribution in [0, 0.1) is 0 Å². The molecular formula is C12H18ClN3OS. The van der Waals surface area contributed by atoms with Crippen molar-refractivity contribution in [3.63, 3.8) is 0 Å². The van der Waals surface area contributed by atoms with Gasteiger partial charge in [0.05, 0.1) is 11.3 Å². The Kier molecular flexibility index (Phi) is 6.32. The van der Waals surface area contributed by atoms with E-state index in [9.17, 15) is 4.79 Å². The highest BCUT2D eigenvalue weighted by molar-refractivity contribution is 7.98. The normalized spacial score (nSPS) is 12.0. The van der Waals surface area contributed by atoms with Crippen LogP contribution in [0.25, 0.3) is 0 Å². The van der Waals surface area contributed by atoms with Crippen molar-refractivity contribution in [2.24, 2.45) is 5.84 Å². The summed E-state index contributed by atoms with van der Waals surface area (Å²) in [4.78, 5) is 12.1. The van der Waals surface area contributed by atoms with Crippen molar-refractivity contribution in [1.82, 2.24) is 5.32 Å². The van der Waals surface area contributed by atoms with E-state index in [1.165, 1.54) is 0 Å². The van der Waals surface area contributed by atoms with E-state index in [4.69, 9.17) is 17.4 Å². The third kappa shape index (κ3) is 4.40. The number of hydrogen-bond donors (Lipinski definition) is 3. The first-order chi connectivity index (χ1) is 8.58. The molecule has 0 spiro atoms. The van der Waals surface area contributed by atoms with E-state index in [1.807, 2.05) is 13.2 Å². The van der Waals surface area contributed by atoms with Crippen LogP contribution in [0.1, 0.15) is 23.7 Å². The third-order valence-corrected chi connectivity index (χ3v) is 3.39. The molecule has 0 saturated carbocycles. The Morgan fingerprint density at radius 3 is 2.89 bits per heavy atom. The van der Waals surface area contributed by atoms with Gasteiger partial charge in [-0.25, -0.2) is 0 Å². The van der Waals surface area contributed by atoms with Crippen molar-refractivity contribution in [3.05, 3.63) is 28.8 Å². The van der Waals surface area contributed by atoms with Gasteiger partial charge in [-0.05, 0) is 43.6 Å². The summed E-state index contributed by atoms with van der Waals surface area (Å²) in [7, 11) is 0. The molecule has 1 amide bonds. The van der Waals surface area contributed by atoms with Crippen molar-refractivity contribution in [1.29, 1.82) is 0 Å². The molecule has 0 aliphatic carbocycles. The lowest BCUT2D eigenvalue weighted by molar-refractivity contribution is 0.0940. The minimum Gasteiger partial charge on any atom is -0.349 e. The largest absolute Gasteiger partial charge is 0.349 e. The lowest BCUT2D eigenvalue weighted by Gasteiger charge is -2.15. The molecule has 1 rings (SSSR count). The van der Waals surface area contributed by atoms with Crippen LogP contribution >= 0.6 is 23.4 Å². The van der Waals surface area contributed by atoms with Gasteiger partial charge in [-0.15, -0.1) is 0 Å². The Bertz CT molecular complexity index is 414. The zero-order chi connectivity index (χ0) is 13.5. The molecule has 0 radical (unpaired) electrons. The van der Waals surface area contributed by atoms with Crippen molar-refractivity contribution in [3.8, 4) is 0 Å². The lowest BCUT2D eigenvalue weighted by Crippen LogP contribution is -2.33. The summed E-state index contributed by atoms with van der Waals surface area (Å²) in [5, 5.41) is 3.44. The van der Waals surface area contributed by atoms with Crippen LogP contribution in [0.3, 0.4) is 0 Å². The number of hydrogen-bond acceptors (Lipinski definition) is 4. The average molecular weight is 288 g/mol. The van der Waals surface area contributed by atoms with Gasteiger partial charge in [0.15, 0.2) is 0 Å². The Hall–Kier alpha value is -0.910. The number of rotatable bonds is 6. The zero-order valence-electron chi connectivity index (χ0n) is 10.5. The van der Waals surface area contributed by atoms with E-state index in [1.54, 1.807) is 30.0 Å². The molecule has 0 heterocycles. The third-order valence-electron chi connectivity index (χ3n) is 2.51. The van der Waals surface area contributed by atoms with Gasteiger partial charge in [-0.1, -0.05) is 11.6 Å². The predicted molar refractivity (Wildman–Crippen MR) is 79.2 cm³/mol. The quantitative estimate of drug-likeness (QED) is 0.555. The summed E-state index contributed by atoms with van der Waals surface area (Å²) in [6.07, 6.45) is 2.97. The van der Waals surface area contributed by atoms with Crippen molar-refractivity contribution in [2.75, 3.05) is 17.4 Å². The van der Waals surface area contributed by atoms with Gasteiger partial charge >= 0.3 is 0 Å². The van der Waals surface area contributed by atoms with E-state index in [0.29, 0.717) is 16.3 Å². The first-order valence-corrected chi connectivity index (χ1v) is 7.41. The average Bonchev–Trinajstić information content (AvgIpc) is 2.36. The second-order valence-corrected chi connectivity index (χ2v) is 5.41. The molecule has 4 nitrogen and oxygen atoms in total. The fraction of sp³-hybridized carbons (Fsp3) is 0.417. The topological polar surface area (TPSA) is 67.2 Å². The molecule has 0 saturated heterocycles. The van der Waals surface area contributed by atoms with Gasteiger partial charge < -0.3 is 10.7 Å². The van der Waals surface area contributed by atoms with E-state index >= 15 is 0 Å². The molecule has 1 aromatic rings. The van der Waals surface area contributed by atoms with Crippen LogP contribution in [-0.2, 0) is 0 Å². The molecule has 18 heavy (non-hydrogen) atoms. The van der Waals surface area contributed by atoms with E-state index in [-0.39, 0.29) is 11.9 Å². The van der Waals surface area contributed by atoms with Gasteiger partial charge in [-0.2, -0.15) is 11.8 Å². The maximum absolute atomic E-state index is 12.1. The highest BCUT2D eigenvalue weighted by Crippen LogP contribution is 2.20. The molecule has 0 bridgehead atoms. The smallest absolute Gasteiger partial charge is 0.253 e. The Labute approximate surface area is 117 Å². The summed E-state index contributed by atoms with van der Waals surface area (Å²) in [5.41, 5.74) is 3.52. The molecule has 6 heteroatoms. The fourth-order valence-corrected chi connectivity index (χ4v) is 2.26. The van der Waals surface area contributed by atoms with Crippen LogP contribution in [0.5, 0.6) is 0 Å². The number of carbonyl (C=O) groups excluding carboxylic acids is 1. The van der Waals surface area contributed by atoms with Crippen LogP contribution in [-0.4, -0.2) is 24.0 Å². The minimum atomic E-state index is -0.168. The Morgan fingerprint density at radius 1 is 1.56 bits per heavy atom. The first-order valence-electron chi connectivity index (χ1n) is 5.64. The number of nitrogen functional groups attached to an aromatic ring is 1. The van der Waals surface area contributed by atoms with Crippen molar-refractivity contribution < 1.29 is 4.79 Å². The van der Waals surface area contributed by atoms with Crippen LogP contribution in [0.2, 0.25) is 5.02 Å². The molecule has 1 atom stereocenters. The summed E-state index contributed by atoms with van der Waals surface area (Å²) in [6.45, 7) is 1.98. The highest BCUT2D eigenvalue weighted by Gasteiger charge is 2.13. The van der Waals surface area contributed by atoms with Crippen LogP contribution in [0.15, 0.2) is 18.2 Å². The number of carbonyl (C=O) groups is 1. The number of halogens is 1. The van der Waals surface area contributed by atoms with Gasteiger partial charge in [0.25, 0.3) is 5.91 Å². The highest BCUT2D eigenvalue weighted by atomic mass is 35.5. The maximum atomic E-state index is 12.1. The summed E-state index contributed by atoms with van der Waals surface area (Å²) < 4.78 is 0. The monoisotopic (exact) mass is 287 g/mol. The Morgan fingerprint density at radius 2 is 2.28 bits per heavy atom. The standard InChI is InChI=1S/C12H18ClN3OS/c1-8(5-6-18-2)15-12(17)10-7-9(13)3-4-11(10)16-14/h3-4,7-8,16H,5-6,14H2,1-2H3,(H,15,17). The summed E-state index contributed by atoms with van der Waals surface area (Å²) in [5.74, 6) is 6.22. The molecule has 0 fully saturated rings. The van der Waals surface area contributed by atoms with Crippen LogP contribution in [0.4, 0.5) is 5.69 Å². The lowest BCUT2D eigenvalue weighted by atomic mass is 10.1. The maximum Gasteiger partial charge on any atom is 0.253 e. The number of benzene rings is 1. The molecule has 4 N–H and O–H groups in total. The molecule has 100 valence electrons. The number of hydrazine groups is 1. The number of anilines is 1. The summed E-state index contributed by atoms with van der Waals surface area (Å²) >= 11 is 7.64. The van der Waals surface area contributed by atoms with Gasteiger partial charge in [0.2, 0.25) is 0 Å². The number of thioether (sulfide) groups is 1. The van der Waals surface area contributed by atoms with E-state index in [2.05, 4.69) is 10.7 Å². The van der Waals surface area contributed by atoms with Crippen LogP contribution < -0.4 is 16.6 Å². The number of amides is 1. The van der Waals surface area contributed by atoms with Crippen molar-refractivity contribution in [2.45, 2.75) is 19.4 Å². The molecule has 0 aliphatic heterocycles. The van der Waals surface area contributed by atoms with Gasteiger partial charge in [-0.3, -0.25) is 10.6 Å². The summed E-state index contributed by atoms with van der Waals surface area (Å²) in [6, 6.07) is 5.09. The second-order valence-electron chi connectivity index (χ2n) is 3.99. The minimum absolute atomic E-state index is 0.120. The van der Waals surface area contributed by atoms with Gasteiger partial charge in [0.1, 0.15) is 0 Å². The SMILES string of the molecule is CSCCC(C)NC(=O)c1cc(Cl)ccc1NN. The first kappa shape index (κ1) is 15.1. The molecule has 0 aliphatic rings. The van der Waals surface area contributed by atoms with E-state index in [0.717, 1.165) is 12.2 Å². The number of nitrogens with two attached hydrogens (primary N) is 1. The Balaban J connectivity index is 2.74. The molecule has 0 aromatic heterocycles. The molecule has 1 unspecified atom stereocenters. The second kappa shape index (κ2) is 7.51. The molecular weight excluding hydrogens is 270 g/mol. The fourth-order valence-electron chi connectivity index (χ4n) is 1.50. The van der Waals surface area contributed by atoms with E-state index < -0.39 is 0 Å². The van der Waals surface area contributed by atoms with Gasteiger partial charge in [0, 0.05) is 11.1 Å². The van der Waals surface area contributed by atoms with Crippen molar-refractivity contribution >= 4 is 35.0 Å². The predicted octanol–water partition coefficient (Wildman–Crippen LogP) is 2.50. The zero-order valence-corrected chi connectivity index (χ0v) is 12.1.